The summed E-state index contributed by atoms with van der Waals surface area (Å²) in [6, 6.07) is 13.8. The van der Waals surface area contributed by atoms with Crippen LogP contribution in [0.5, 0.6) is 11.5 Å². The van der Waals surface area contributed by atoms with Gasteiger partial charge in [-0.05, 0) is 50.8 Å². The molecule has 3 fully saturated rings. The maximum absolute atomic E-state index is 14.2. The van der Waals surface area contributed by atoms with E-state index in [0.29, 0.717) is 17.9 Å². The van der Waals surface area contributed by atoms with E-state index in [-0.39, 0.29) is 41.2 Å². The van der Waals surface area contributed by atoms with Gasteiger partial charge in [0.1, 0.15) is 0 Å². The third kappa shape index (κ3) is 3.08. The highest BCUT2D eigenvalue weighted by Gasteiger charge is 2.68. The van der Waals surface area contributed by atoms with E-state index < -0.39 is 46.8 Å². The fraction of sp³-hybridized carbons (Fsp3) is 0.379. The van der Waals surface area contributed by atoms with Crippen molar-refractivity contribution >= 4 is 29.3 Å². The maximum Gasteiger partial charge on any atom is 0.257 e. The molecule has 2 aromatic rings. The zero-order valence-corrected chi connectivity index (χ0v) is 21.0. The Balaban J connectivity index is 1.56. The average Bonchev–Trinajstić information content (AvgIpc) is 3.26. The van der Waals surface area contributed by atoms with Gasteiger partial charge in [-0.15, -0.1) is 0 Å². The number of fused-ring (bicyclic) bond motifs is 4. The van der Waals surface area contributed by atoms with E-state index in [0.717, 1.165) is 5.57 Å². The number of hydrogen-bond donors (Lipinski definition) is 2. The van der Waals surface area contributed by atoms with Crippen molar-refractivity contribution in [2.45, 2.75) is 32.6 Å². The molecule has 2 saturated heterocycles. The van der Waals surface area contributed by atoms with Crippen LogP contribution in [0.1, 0.15) is 38.2 Å². The molecule has 196 valence electrons. The monoisotopic (exact) mass is 516 g/mol. The Morgan fingerprint density at radius 1 is 0.974 bits per heavy atom. The van der Waals surface area contributed by atoms with Crippen molar-refractivity contribution < 1.29 is 34.2 Å². The lowest BCUT2D eigenvalue weighted by molar-refractivity contribution is -0.173. The SMILES string of the molecule is CCOc1cccc(C2C3=CCC4C(=O)N(O)C(=O)C4C3CC3C(=O)N(c4ccccc4)C(=O)C32C)c1O. The minimum atomic E-state index is -1.27. The second-order valence-electron chi connectivity index (χ2n) is 10.6. The fourth-order valence-corrected chi connectivity index (χ4v) is 7.21. The van der Waals surface area contributed by atoms with E-state index >= 15 is 0 Å². The average molecular weight is 517 g/mol. The van der Waals surface area contributed by atoms with Gasteiger partial charge in [-0.1, -0.05) is 42.0 Å². The number of hydrogen-bond acceptors (Lipinski definition) is 7. The minimum Gasteiger partial charge on any atom is -0.504 e. The number of benzene rings is 2. The maximum atomic E-state index is 14.2. The first kappa shape index (κ1) is 24.4. The summed E-state index contributed by atoms with van der Waals surface area (Å²) in [5.41, 5.74) is 0.329. The standard InChI is InChI=1S/C29H28N2O7/c1-3-38-21-11-7-10-18(24(21)32)23-16-12-13-17-22(27(35)31(37)25(17)33)19(16)14-20-26(34)30(28(36)29(20,23)2)15-8-5-4-6-9-15/h4-12,17,19-20,22-23,32,37H,3,13-14H2,1-2H3. The van der Waals surface area contributed by atoms with Crippen molar-refractivity contribution in [3.05, 3.63) is 65.7 Å². The molecular formula is C29H28N2O7. The van der Waals surface area contributed by atoms with Crippen LogP contribution in [-0.2, 0) is 19.2 Å². The molecule has 0 bridgehead atoms. The highest BCUT2D eigenvalue weighted by atomic mass is 16.5. The van der Waals surface area contributed by atoms with E-state index in [1.807, 2.05) is 6.08 Å². The van der Waals surface area contributed by atoms with Crippen LogP contribution in [0.3, 0.4) is 0 Å². The van der Waals surface area contributed by atoms with E-state index in [4.69, 9.17) is 4.74 Å². The van der Waals surface area contributed by atoms with Crippen LogP contribution in [0.2, 0.25) is 0 Å². The van der Waals surface area contributed by atoms with E-state index in [1.165, 1.54) is 4.90 Å². The number of carbonyl (C=O) groups excluding carboxylic acids is 4. The van der Waals surface area contributed by atoms with Gasteiger partial charge in [0.15, 0.2) is 11.5 Å². The number of allylic oxidation sites excluding steroid dienone is 2. The molecule has 6 atom stereocenters. The first-order valence-electron chi connectivity index (χ1n) is 12.9. The Bertz CT molecular complexity index is 1400. The van der Waals surface area contributed by atoms with E-state index in [2.05, 4.69) is 0 Å². The molecule has 0 spiro atoms. The molecule has 0 radical (unpaired) electrons. The molecule has 6 rings (SSSR count). The van der Waals surface area contributed by atoms with Gasteiger partial charge in [0.2, 0.25) is 11.8 Å². The Kier molecular flexibility index (Phi) is 5.47. The predicted molar refractivity (Wildman–Crippen MR) is 134 cm³/mol. The summed E-state index contributed by atoms with van der Waals surface area (Å²) >= 11 is 0. The molecule has 6 unspecified atom stereocenters. The molecule has 1 saturated carbocycles. The Labute approximate surface area is 219 Å². The summed E-state index contributed by atoms with van der Waals surface area (Å²) in [5.74, 6) is -5.68. The van der Waals surface area contributed by atoms with Crippen LogP contribution in [0, 0.1) is 29.1 Å². The van der Waals surface area contributed by atoms with Crippen LogP contribution in [0.4, 0.5) is 5.69 Å². The number of carbonyl (C=O) groups is 4. The summed E-state index contributed by atoms with van der Waals surface area (Å²) < 4.78 is 5.63. The second kappa shape index (κ2) is 8.52. The quantitative estimate of drug-likeness (QED) is 0.363. The first-order valence-corrected chi connectivity index (χ1v) is 12.9. The molecule has 9 nitrogen and oxygen atoms in total. The molecule has 38 heavy (non-hydrogen) atoms. The van der Waals surface area contributed by atoms with Crippen LogP contribution >= 0.6 is 0 Å². The van der Waals surface area contributed by atoms with Gasteiger partial charge in [0.25, 0.3) is 11.8 Å². The third-order valence-corrected chi connectivity index (χ3v) is 8.91. The second-order valence-corrected chi connectivity index (χ2v) is 10.6. The van der Waals surface area contributed by atoms with Gasteiger partial charge in [-0.3, -0.25) is 24.4 Å². The molecular weight excluding hydrogens is 488 g/mol. The smallest absolute Gasteiger partial charge is 0.257 e. The van der Waals surface area contributed by atoms with Crippen molar-refractivity contribution in [3.8, 4) is 11.5 Å². The summed E-state index contributed by atoms with van der Waals surface area (Å²) in [6.07, 6.45) is 2.25. The molecule has 2 aromatic carbocycles. The predicted octanol–water partition coefficient (Wildman–Crippen LogP) is 3.41. The van der Waals surface area contributed by atoms with Gasteiger partial charge >= 0.3 is 0 Å². The van der Waals surface area contributed by atoms with Crippen molar-refractivity contribution in [1.82, 2.24) is 5.06 Å². The molecule has 9 heteroatoms. The normalized spacial score (nSPS) is 32.2. The van der Waals surface area contributed by atoms with Gasteiger partial charge in [0, 0.05) is 11.5 Å². The Morgan fingerprint density at radius 2 is 1.71 bits per heavy atom. The Morgan fingerprint density at radius 3 is 2.42 bits per heavy atom. The number of ether oxygens (including phenoxy) is 1. The number of aromatic hydroxyl groups is 1. The van der Waals surface area contributed by atoms with Gasteiger partial charge in [0.05, 0.1) is 35.5 Å². The van der Waals surface area contributed by atoms with Crippen LogP contribution in [-0.4, -0.2) is 45.6 Å². The van der Waals surface area contributed by atoms with Crippen LogP contribution in [0.25, 0.3) is 0 Å². The molecule has 2 aliphatic heterocycles. The van der Waals surface area contributed by atoms with E-state index in [9.17, 15) is 29.5 Å². The van der Waals surface area contributed by atoms with Gasteiger partial charge < -0.3 is 9.84 Å². The van der Waals surface area contributed by atoms with Crippen molar-refractivity contribution in [1.29, 1.82) is 0 Å². The molecule has 2 aliphatic carbocycles. The number of para-hydroxylation sites is 2. The van der Waals surface area contributed by atoms with Crippen molar-refractivity contribution in [3.63, 3.8) is 0 Å². The Hall–Kier alpha value is -3.98. The fourth-order valence-electron chi connectivity index (χ4n) is 7.21. The first-order chi connectivity index (χ1) is 18.2. The topological polar surface area (TPSA) is 124 Å². The number of rotatable bonds is 4. The lowest BCUT2D eigenvalue weighted by Crippen LogP contribution is -2.48. The van der Waals surface area contributed by atoms with Crippen LogP contribution < -0.4 is 9.64 Å². The zero-order chi connectivity index (χ0) is 26.9. The van der Waals surface area contributed by atoms with Crippen LogP contribution in [0.15, 0.2) is 60.2 Å². The van der Waals surface area contributed by atoms with E-state index in [1.54, 1.807) is 62.4 Å². The number of phenols is 1. The number of nitrogens with zero attached hydrogens (tertiary/aromatic N) is 2. The molecule has 4 amide bonds. The number of hydroxylamine groups is 2. The largest absolute Gasteiger partial charge is 0.504 e. The molecule has 2 N–H and O–H groups in total. The molecule has 4 aliphatic rings. The lowest BCUT2D eigenvalue weighted by Gasteiger charge is -2.49. The molecule has 0 aromatic heterocycles. The van der Waals surface area contributed by atoms with Crippen molar-refractivity contribution in [2.24, 2.45) is 29.1 Å². The summed E-state index contributed by atoms with van der Waals surface area (Å²) in [4.78, 5) is 55.1. The minimum absolute atomic E-state index is 0.126. The van der Waals surface area contributed by atoms with Gasteiger partial charge in [-0.2, -0.15) is 5.06 Å². The highest BCUT2D eigenvalue weighted by Crippen LogP contribution is 2.64. The molecule has 2 heterocycles. The third-order valence-electron chi connectivity index (χ3n) is 8.91. The summed E-state index contributed by atoms with van der Waals surface area (Å²) in [5, 5.41) is 21.7. The highest BCUT2D eigenvalue weighted by molar-refractivity contribution is 6.24. The lowest BCUT2D eigenvalue weighted by atomic mass is 9.51. The number of anilines is 1. The summed E-state index contributed by atoms with van der Waals surface area (Å²) in [6.45, 7) is 3.87. The number of amides is 4. The zero-order valence-electron chi connectivity index (χ0n) is 21.0. The van der Waals surface area contributed by atoms with Gasteiger partial charge in [-0.25, -0.2) is 4.90 Å². The number of phenolic OH excluding ortho intramolecular Hbond substituents is 1. The number of imide groups is 2. The summed E-state index contributed by atoms with van der Waals surface area (Å²) in [7, 11) is 0. The van der Waals surface area contributed by atoms with Crippen molar-refractivity contribution in [2.75, 3.05) is 11.5 Å².